The van der Waals surface area contributed by atoms with E-state index >= 15 is 4.79 Å². The maximum Gasteiger partial charge on any atom is 0.337 e. The number of hydrogen-bond donors (Lipinski definition) is 1. The van der Waals surface area contributed by atoms with E-state index in [4.69, 9.17) is 37.8 Å². The van der Waals surface area contributed by atoms with Gasteiger partial charge in [0.1, 0.15) is 11.4 Å². The number of carbonyl (C=O) groups excluding carboxylic acids is 1. The highest BCUT2D eigenvalue weighted by atomic mass is 35.5. The van der Waals surface area contributed by atoms with E-state index in [9.17, 15) is 9.90 Å². The lowest BCUT2D eigenvalue weighted by Gasteiger charge is -2.35. The van der Waals surface area contributed by atoms with E-state index in [1.165, 1.54) is 0 Å². The van der Waals surface area contributed by atoms with Crippen molar-refractivity contribution in [3.8, 4) is 16.9 Å². The largest absolute Gasteiger partial charge is 0.494 e. The van der Waals surface area contributed by atoms with Gasteiger partial charge in [0.25, 0.3) is 5.91 Å². The molecular weight excluding hydrogens is 749 g/mol. The number of para-hydroxylation sites is 1. The van der Waals surface area contributed by atoms with Gasteiger partial charge < -0.3 is 28.6 Å². The molecule has 1 atom stereocenters. The van der Waals surface area contributed by atoms with Gasteiger partial charge >= 0.3 is 5.97 Å². The SMILES string of the molecule is Cc1cc(OCCCc2c3n(c4c(-c5c(C)nn(CC6CCOCC6)c5C)c(Cl)ccc24)[C@H](C)CN(c2cccc4c(C(=O)O)cn(C)c24)C3=O)cc(C)c1Cl. The Morgan fingerprint density at radius 1 is 1.00 bits per heavy atom. The van der Waals surface area contributed by atoms with Gasteiger partial charge in [-0.1, -0.05) is 41.4 Å². The zero-order valence-electron chi connectivity index (χ0n) is 32.7. The van der Waals surface area contributed by atoms with Gasteiger partial charge in [-0.2, -0.15) is 5.10 Å². The van der Waals surface area contributed by atoms with E-state index in [0.29, 0.717) is 59.2 Å². The molecule has 0 saturated carbocycles. The Labute approximate surface area is 336 Å². The third-order valence-corrected chi connectivity index (χ3v) is 12.6. The number of carboxylic acids is 1. The number of nitrogens with zero attached hydrogens (tertiary/aromatic N) is 5. The number of rotatable bonds is 10. The van der Waals surface area contributed by atoms with Crippen molar-refractivity contribution in [1.82, 2.24) is 18.9 Å². The molecule has 2 aliphatic rings. The second kappa shape index (κ2) is 15.0. The van der Waals surface area contributed by atoms with Crippen LogP contribution in [0.2, 0.25) is 10.0 Å². The van der Waals surface area contributed by atoms with Crippen LogP contribution < -0.4 is 9.64 Å². The van der Waals surface area contributed by atoms with Gasteiger partial charge in [-0.3, -0.25) is 9.48 Å². The van der Waals surface area contributed by atoms with Crippen molar-refractivity contribution in [2.45, 2.75) is 72.9 Å². The first-order valence-corrected chi connectivity index (χ1v) is 20.1. The van der Waals surface area contributed by atoms with Gasteiger partial charge in [-0.25, -0.2) is 4.79 Å². The van der Waals surface area contributed by atoms with Gasteiger partial charge in [0, 0.05) is 78.2 Å². The minimum Gasteiger partial charge on any atom is -0.494 e. The van der Waals surface area contributed by atoms with Crippen LogP contribution in [0.25, 0.3) is 32.9 Å². The van der Waals surface area contributed by atoms with E-state index in [2.05, 4.69) is 23.1 Å². The van der Waals surface area contributed by atoms with Crippen LogP contribution in [0.4, 0.5) is 5.69 Å². The minimum atomic E-state index is -1.01. The summed E-state index contributed by atoms with van der Waals surface area (Å²) in [7, 11) is 1.82. The fourth-order valence-corrected chi connectivity index (χ4v) is 9.40. The van der Waals surface area contributed by atoms with Crippen molar-refractivity contribution in [3.63, 3.8) is 0 Å². The van der Waals surface area contributed by atoms with Crippen molar-refractivity contribution in [1.29, 1.82) is 0 Å². The number of benzene rings is 3. The molecule has 6 aromatic rings. The molecule has 1 saturated heterocycles. The number of halogens is 2. The number of anilines is 1. The number of fused-ring (bicyclic) bond motifs is 4. The summed E-state index contributed by atoms with van der Waals surface area (Å²) in [5.74, 6) is 0.0970. The summed E-state index contributed by atoms with van der Waals surface area (Å²) in [6, 6.07) is 13.3. The predicted molar refractivity (Wildman–Crippen MR) is 222 cm³/mol. The zero-order valence-corrected chi connectivity index (χ0v) is 34.2. The Hall–Kier alpha value is -4.77. The Kier molecular flexibility index (Phi) is 10.2. The van der Waals surface area contributed by atoms with Crippen LogP contribution in [0.3, 0.4) is 0 Å². The highest BCUT2D eigenvalue weighted by molar-refractivity contribution is 6.35. The molecule has 0 unspecified atom stereocenters. The number of aromatic nitrogens is 4. The molecule has 0 radical (unpaired) electrons. The van der Waals surface area contributed by atoms with Gasteiger partial charge in [-0.15, -0.1) is 0 Å². The first-order valence-electron chi connectivity index (χ1n) is 19.4. The molecule has 5 heterocycles. The van der Waals surface area contributed by atoms with Gasteiger partial charge in [0.15, 0.2) is 0 Å². The Balaban J connectivity index is 1.26. The highest BCUT2D eigenvalue weighted by Crippen LogP contribution is 2.46. The number of carbonyl (C=O) groups is 2. The van der Waals surface area contributed by atoms with E-state index in [-0.39, 0.29) is 17.5 Å². The summed E-state index contributed by atoms with van der Waals surface area (Å²) in [4.78, 5) is 29.2. The van der Waals surface area contributed by atoms with Gasteiger partial charge in [0.05, 0.1) is 39.6 Å². The van der Waals surface area contributed by atoms with Crippen LogP contribution >= 0.6 is 23.2 Å². The number of amides is 1. The normalized spacial score (nSPS) is 16.3. The lowest BCUT2D eigenvalue weighted by atomic mass is 9.97. The monoisotopic (exact) mass is 795 g/mol. The van der Waals surface area contributed by atoms with E-state index in [1.54, 1.807) is 16.8 Å². The lowest BCUT2D eigenvalue weighted by Crippen LogP contribution is -2.43. The van der Waals surface area contributed by atoms with Crippen molar-refractivity contribution >= 4 is 62.6 Å². The Morgan fingerprint density at radius 3 is 2.45 bits per heavy atom. The van der Waals surface area contributed by atoms with Crippen molar-refractivity contribution in [3.05, 3.63) is 98.0 Å². The lowest BCUT2D eigenvalue weighted by molar-refractivity contribution is 0.0599. The number of carboxylic acid groups (broad SMARTS) is 1. The summed E-state index contributed by atoms with van der Waals surface area (Å²) in [6.07, 6.45) is 4.86. The maximum atomic E-state index is 15.2. The molecule has 3 aromatic heterocycles. The van der Waals surface area contributed by atoms with Crippen LogP contribution in [0.15, 0.2) is 48.7 Å². The number of hydrogen-bond acceptors (Lipinski definition) is 5. The minimum absolute atomic E-state index is 0.143. The molecule has 0 bridgehead atoms. The molecular formula is C44H47Cl2N5O5. The number of aromatic carboxylic acids is 1. The average Bonchev–Trinajstić information content (AvgIpc) is 3.79. The molecule has 8 rings (SSSR count). The number of aryl methyl sites for hydroxylation is 5. The van der Waals surface area contributed by atoms with Crippen molar-refractivity contribution in [2.75, 3.05) is 31.3 Å². The van der Waals surface area contributed by atoms with E-state index in [1.807, 2.05) is 69.1 Å². The van der Waals surface area contributed by atoms with E-state index in [0.717, 1.165) is 93.5 Å². The predicted octanol–water partition coefficient (Wildman–Crippen LogP) is 9.89. The maximum absolute atomic E-state index is 15.2. The molecule has 0 spiro atoms. The number of ether oxygens (including phenoxy) is 2. The summed E-state index contributed by atoms with van der Waals surface area (Å²) in [5, 5.41) is 17.9. The molecule has 2 aliphatic heterocycles. The second-order valence-electron chi connectivity index (χ2n) is 15.5. The third-order valence-electron chi connectivity index (χ3n) is 11.7. The first kappa shape index (κ1) is 38.1. The third kappa shape index (κ3) is 6.45. The molecule has 1 N–H and O–H groups in total. The quantitative estimate of drug-likeness (QED) is 0.139. The summed E-state index contributed by atoms with van der Waals surface area (Å²) < 4.78 is 18.0. The fourth-order valence-electron chi connectivity index (χ4n) is 9.05. The Morgan fingerprint density at radius 2 is 1.73 bits per heavy atom. The average molecular weight is 797 g/mol. The Bertz CT molecular complexity index is 2520. The smallest absolute Gasteiger partial charge is 0.337 e. The fraction of sp³-hybridized carbons (Fsp3) is 0.386. The van der Waals surface area contributed by atoms with Gasteiger partial charge in [-0.05, 0) is 107 Å². The molecule has 0 aliphatic carbocycles. The van der Waals surface area contributed by atoms with E-state index < -0.39 is 5.97 Å². The second-order valence-corrected chi connectivity index (χ2v) is 16.3. The van der Waals surface area contributed by atoms with Crippen LogP contribution in [-0.2, 0) is 24.8 Å². The molecule has 10 nitrogen and oxygen atoms in total. The molecule has 1 fully saturated rings. The zero-order chi connectivity index (χ0) is 39.6. The molecule has 1 amide bonds. The summed E-state index contributed by atoms with van der Waals surface area (Å²) >= 11 is 13.7. The molecule has 292 valence electrons. The molecule has 12 heteroatoms. The van der Waals surface area contributed by atoms with Crippen molar-refractivity contribution < 1.29 is 24.2 Å². The van der Waals surface area contributed by atoms with Gasteiger partial charge in [0.2, 0.25) is 0 Å². The topological polar surface area (TPSA) is 104 Å². The van der Waals surface area contributed by atoms with Crippen LogP contribution in [0, 0.1) is 33.6 Å². The first-order chi connectivity index (χ1) is 26.8. The molecule has 56 heavy (non-hydrogen) atoms. The van der Waals surface area contributed by atoms with Crippen molar-refractivity contribution in [2.24, 2.45) is 13.0 Å². The van der Waals surface area contributed by atoms with Crippen LogP contribution in [0.5, 0.6) is 5.75 Å². The summed E-state index contributed by atoms with van der Waals surface area (Å²) in [6.45, 7) is 13.4. The standard InChI is InChI=1S/C44H47Cl2N5O5/c1-24-19-30(20-25(2)39(24)46)56-16-8-10-31-33-12-13-35(45)38(37-27(4)47-50(28(37)5)22-29-14-17-55-18-15-29)41(33)51-26(3)21-49(43(52)42(31)51)36-11-7-9-32-34(44(53)54)23-48(6)40(32)36/h7,9,11-13,19-20,23,26,29H,8,10,14-18,21-22H2,1-6H3,(H,53,54)/t26-/m1/s1. The highest BCUT2D eigenvalue weighted by Gasteiger charge is 2.38. The van der Waals surface area contributed by atoms with Crippen LogP contribution in [-0.4, -0.2) is 62.3 Å². The summed E-state index contributed by atoms with van der Waals surface area (Å²) in [5.41, 5.74) is 9.78. The molecule has 3 aromatic carbocycles. The van der Waals surface area contributed by atoms with Crippen LogP contribution in [0.1, 0.15) is 81.2 Å².